The van der Waals surface area contributed by atoms with Crippen LogP contribution in [0.4, 0.5) is 14.6 Å². The molecule has 0 radical (unpaired) electrons. The first-order valence-electron chi connectivity index (χ1n) is 13.4. The van der Waals surface area contributed by atoms with Gasteiger partial charge in [-0.1, -0.05) is 24.3 Å². The van der Waals surface area contributed by atoms with E-state index in [2.05, 4.69) is 24.9 Å². The highest BCUT2D eigenvalue weighted by Gasteiger charge is 2.48. The van der Waals surface area contributed by atoms with Crippen LogP contribution in [-0.4, -0.2) is 75.7 Å². The molecule has 12 nitrogen and oxygen atoms in total. The first kappa shape index (κ1) is 27.0. The molecule has 2 aliphatic carbocycles. The van der Waals surface area contributed by atoms with Crippen LogP contribution in [0.1, 0.15) is 44.0 Å². The number of amides is 1. The zero-order valence-corrected chi connectivity index (χ0v) is 24.1. The van der Waals surface area contributed by atoms with Crippen LogP contribution in [0.2, 0.25) is 0 Å². The molecular weight excluding hydrogens is 588 g/mol. The largest absolute Gasteiger partial charge is 0.352 e. The third-order valence-corrected chi connectivity index (χ3v) is 10.7. The van der Waals surface area contributed by atoms with E-state index in [1.54, 1.807) is 6.07 Å². The summed E-state index contributed by atoms with van der Waals surface area (Å²) in [4.78, 5) is 25.8. The number of rotatable bonds is 7. The van der Waals surface area contributed by atoms with Crippen LogP contribution < -0.4 is 9.62 Å². The van der Waals surface area contributed by atoms with Crippen molar-refractivity contribution in [2.45, 2.75) is 49.5 Å². The SMILES string of the molecule is CC1(C(=O)N2CCN(c3ncnc4c3c3ccc(S(=O)(=O)NC5(C#N)CC5)cc3n4-c3nnc(C(F)F)s3)CC2)CC1. The van der Waals surface area contributed by atoms with Crippen LogP contribution in [0.15, 0.2) is 29.4 Å². The van der Waals surface area contributed by atoms with Gasteiger partial charge in [0.05, 0.1) is 21.9 Å². The summed E-state index contributed by atoms with van der Waals surface area (Å²) in [5.41, 5.74) is -0.654. The minimum atomic E-state index is -4.08. The minimum absolute atomic E-state index is 0.0885. The quantitative estimate of drug-likeness (QED) is 0.332. The number of piperazine rings is 1. The maximum atomic E-state index is 13.5. The van der Waals surface area contributed by atoms with E-state index in [0.717, 1.165) is 12.8 Å². The zero-order chi connectivity index (χ0) is 29.4. The molecule has 0 bridgehead atoms. The number of nitrogens with one attached hydrogen (secondary N) is 1. The number of fused-ring (bicyclic) bond motifs is 3. The van der Waals surface area contributed by atoms with Crippen molar-refractivity contribution in [2.24, 2.45) is 5.41 Å². The number of carbonyl (C=O) groups is 1. The Labute approximate surface area is 243 Å². The molecule has 1 N–H and O–H groups in total. The Morgan fingerprint density at radius 3 is 2.48 bits per heavy atom. The molecule has 16 heteroatoms. The third kappa shape index (κ3) is 4.38. The maximum Gasteiger partial charge on any atom is 0.291 e. The molecule has 0 atom stereocenters. The third-order valence-electron chi connectivity index (χ3n) is 8.29. The summed E-state index contributed by atoms with van der Waals surface area (Å²) in [5.74, 6) is 0.756. The van der Waals surface area contributed by atoms with Gasteiger partial charge >= 0.3 is 0 Å². The first-order valence-corrected chi connectivity index (χ1v) is 15.7. The second-order valence-corrected chi connectivity index (χ2v) is 13.9. The smallest absolute Gasteiger partial charge is 0.291 e. The van der Waals surface area contributed by atoms with Crippen molar-refractivity contribution in [1.82, 2.24) is 34.4 Å². The molecule has 4 heterocycles. The van der Waals surface area contributed by atoms with Crippen LogP contribution >= 0.6 is 11.3 Å². The molecule has 7 rings (SSSR count). The molecule has 3 aliphatic rings. The number of nitrogens with zero attached hydrogens (tertiary/aromatic N) is 8. The number of sulfonamides is 1. The molecule has 2 saturated carbocycles. The number of benzene rings is 1. The van der Waals surface area contributed by atoms with Crippen molar-refractivity contribution in [3.8, 4) is 11.2 Å². The van der Waals surface area contributed by atoms with Gasteiger partial charge in [0.2, 0.25) is 21.1 Å². The van der Waals surface area contributed by atoms with Gasteiger partial charge in [0, 0.05) is 37.0 Å². The van der Waals surface area contributed by atoms with Crippen LogP contribution in [0.3, 0.4) is 0 Å². The van der Waals surface area contributed by atoms with E-state index in [1.165, 1.54) is 23.0 Å². The van der Waals surface area contributed by atoms with E-state index in [-0.39, 0.29) is 21.3 Å². The molecular formula is C26H25F2N9O3S2. The summed E-state index contributed by atoms with van der Waals surface area (Å²) < 4.78 is 57.4. The van der Waals surface area contributed by atoms with E-state index in [1.807, 2.05) is 22.8 Å². The van der Waals surface area contributed by atoms with Crippen molar-refractivity contribution < 1.29 is 22.0 Å². The van der Waals surface area contributed by atoms with Gasteiger partial charge in [0.1, 0.15) is 17.7 Å². The molecule has 0 spiro atoms. The summed E-state index contributed by atoms with van der Waals surface area (Å²) in [7, 11) is -4.08. The minimum Gasteiger partial charge on any atom is -0.352 e. The van der Waals surface area contributed by atoms with Gasteiger partial charge in [-0.05, 0) is 37.8 Å². The Bertz CT molecular complexity index is 1900. The van der Waals surface area contributed by atoms with Crippen molar-refractivity contribution in [3.63, 3.8) is 0 Å². The van der Waals surface area contributed by atoms with Gasteiger partial charge in [-0.3, -0.25) is 9.36 Å². The molecule has 218 valence electrons. The number of halogens is 2. The van der Waals surface area contributed by atoms with Gasteiger partial charge in [-0.25, -0.2) is 27.2 Å². The van der Waals surface area contributed by atoms with Crippen LogP contribution in [0.5, 0.6) is 0 Å². The predicted molar refractivity (Wildman–Crippen MR) is 149 cm³/mol. The first-order chi connectivity index (χ1) is 20.0. The van der Waals surface area contributed by atoms with Crippen LogP contribution in [0, 0.1) is 16.7 Å². The number of anilines is 1. The topological polar surface area (TPSA) is 150 Å². The Morgan fingerprint density at radius 2 is 1.86 bits per heavy atom. The van der Waals surface area contributed by atoms with Crippen molar-refractivity contribution >= 4 is 55.0 Å². The normalized spacial score (nSPS) is 19.4. The van der Waals surface area contributed by atoms with Crippen LogP contribution in [0.25, 0.3) is 27.1 Å². The second-order valence-electron chi connectivity index (χ2n) is 11.3. The molecule has 1 aliphatic heterocycles. The van der Waals surface area contributed by atoms with Gasteiger partial charge in [-0.2, -0.15) is 9.98 Å². The van der Waals surface area contributed by atoms with Crippen LogP contribution in [-0.2, 0) is 14.8 Å². The van der Waals surface area contributed by atoms with E-state index in [4.69, 9.17) is 0 Å². The fraction of sp³-hybridized carbons (Fsp3) is 0.462. The molecule has 42 heavy (non-hydrogen) atoms. The summed E-state index contributed by atoms with van der Waals surface area (Å²) in [6.45, 7) is 4.11. The predicted octanol–water partition coefficient (Wildman–Crippen LogP) is 3.15. The lowest BCUT2D eigenvalue weighted by Crippen LogP contribution is -2.50. The Morgan fingerprint density at radius 1 is 1.12 bits per heavy atom. The van der Waals surface area contributed by atoms with Gasteiger partial charge in [0.15, 0.2) is 10.7 Å². The molecule has 1 saturated heterocycles. The molecule has 1 aromatic carbocycles. The van der Waals surface area contributed by atoms with Crippen molar-refractivity contribution in [2.75, 3.05) is 31.1 Å². The van der Waals surface area contributed by atoms with E-state index in [9.17, 15) is 27.3 Å². The van der Waals surface area contributed by atoms with E-state index < -0.39 is 27.0 Å². The standard InChI is InChI=1S/C26H25F2N9O3S2/c1-25(4-5-25)23(38)36-10-8-35(9-11-36)20-18-16-3-2-15(42(39,40)34-26(13-29)6-7-26)12-17(16)37(21(18)31-14-30-20)24-33-32-22(41-24)19(27)28/h2-3,12,14,19,34H,4-11H2,1H3. The highest BCUT2D eigenvalue weighted by Crippen LogP contribution is 2.47. The average molecular weight is 614 g/mol. The van der Waals surface area contributed by atoms with Gasteiger partial charge in [-0.15, -0.1) is 10.2 Å². The summed E-state index contributed by atoms with van der Waals surface area (Å²) >= 11 is 0.683. The highest BCUT2D eigenvalue weighted by atomic mass is 32.2. The monoisotopic (exact) mass is 613 g/mol. The fourth-order valence-corrected chi connectivity index (χ4v) is 7.50. The molecule has 1 amide bonds. The second kappa shape index (κ2) is 9.35. The highest BCUT2D eigenvalue weighted by molar-refractivity contribution is 7.89. The summed E-state index contributed by atoms with van der Waals surface area (Å²) in [6.07, 6.45) is 1.19. The number of hydrogen-bond donors (Lipinski definition) is 1. The summed E-state index contributed by atoms with van der Waals surface area (Å²) in [5, 5.41) is 17.8. The summed E-state index contributed by atoms with van der Waals surface area (Å²) in [6, 6.07) is 6.52. The van der Waals surface area contributed by atoms with Crippen molar-refractivity contribution in [1.29, 1.82) is 5.26 Å². The van der Waals surface area contributed by atoms with Gasteiger partial charge < -0.3 is 9.80 Å². The Hall–Kier alpha value is -3.81. The Balaban J connectivity index is 1.34. The van der Waals surface area contributed by atoms with E-state index in [0.29, 0.717) is 78.1 Å². The lowest BCUT2D eigenvalue weighted by atomic mass is 10.1. The lowest BCUT2D eigenvalue weighted by Gasteiger charge is -2.36. The number of hydrogen-bond acceptors (Lipinski definition) is 10. The number of aromatic nitrogens is 5. The number of alkyl halides is 2. The average Bonchev–Trinajstić information content (AvgIpc) is 3.83. The van der Waals surface area contributed by atoms with E-state index >= 15 is 0 Å². The Kier molecular flexibility index (Phi) is 6.02. The zero-order valence-electron chi connectivity index (χ0n) is 22.4. The molecule has 4 aromatic rings. The molecule has 0 unspecified atom stereocenters. The molecule has 3 aromatic heterocycles. The van der Waals surface area contributed by atoms with Gasteiger partial charge in [0.25, 0.3) is 6.43 Å². The number of nitriles is 1. The number of carbonyl (C=O) groups excluding carboxylic acids is 1. The lowest BCUT2D eigenvalue weighted by molar-refractivity contribution is -0.136. The van der Waals surface area contributed by atoms with Crippen molar-refractivity contribution in [3.05, 3.63) is 29.5 Å². The molecule has 3 fully saturated rings. The fourth-order valence-electron chi connectivity index (χ4n) is 5.39. The maximum absolute atomic E-state index is 13.5.